The van der Waals surface area contributed by atoms with Crippen LogP contribution in [0.2, 0.25) is 0 Å². The van der Waals surface area contributed by atoms with Gasteiger partial charge in [-0.15, -0.1) is 0 Å². The highest BCUT2D eigenvalue weighted by atomic mass is 14.3. The Balaban J connectivity index is 0.000000487. The van der Waals surface area contributed by atoms with Crippen molar-refractivity contribution >= 4 is 0 Å². The first-order chi connectivity index (χ1) is 7.67. The van der Waals surface area contributed by atoms with Crippen molar-refractivity contribution in [3.63, 3.8) is 0 Å². The molecule has 2 unspecified atom stereocenters. The minimum atomic E-state index is 0.858. The first-order valence-corrected chi connectivity index (χ1v) is 6.58. The maximum atomic E-state index is 4.22. The van der Waals surface area contributed by atoms with E-state index < -0.39 is 0 Å². The normalized spacial score (nSPS) is 23.1. The van der Waals surface area contributed by atoms with E-state index in [9.17, 15) is 0 Å². The van der Waals surface area contributed by atoms with Gasteiger partial charge in [-0.05, 0) is 31.1 Å². The molecule has 0 heterocycles. The molecule has 1 saturated carbocycles. The summed E-state index contributed by atoms with van der Waals surface area (Å²) in [5.74, 6) is 1.77. The lowest BCUT2D eigenvalue weighted by molar-refractivity contribution is 0.464. The second-order valence-corrected chi connectivity index (χ2v) is 4.75. The molecule has 1 aliphatic carbocycles. The van der Waals surface area contributed by atoms with Crippen molar-refractivity contribution in [2.45, 2.75) is 52.4 Å². The molecule has 0 aromatic heterocycles. The predicted octanol–water partition coefficient (Wildman–Crippen LogP) is 5.53. The van der Waals surface area contributed by atoms with Gasteiger partial charge in [0.25, 0.3) is 0 Å². The Bertz CT molecular complexity index is 206. The quantitative estimate of drug-likeness (QED) is 0.422. The van der Waals surface area contributed by atoms with E-state index in [4.69, 9.17) is 0 Å². The fraction of sp³-hybridized carbons (Fsp3) is 0.625. The number of rotatable bonds is 5. The first-order valence-electron chi connectivity index (χ1n) is 6.58. The van der Waals surface area contributed by atoms with Gasteiger partial charge >= 0.3 is 0 Å². The van der Waals surface area contributed by atoms with Crippen LogP contribution < -0.4 is 0 Å². The molecular weight excluding hydrogens is 192 g/mol. The number of hydrogen-bond donors (Lipinski definition) is 0. The van der Waals surface area contributed by atoms with Crippen molar-refractivity contribution in [3.8, 4) is 0 Å². The van der Waals surface area contributed by atoms with Crippen LogP contribution in [0.5, 0.6) is 0 Å². The van der Waals surface area contributed by atoms with Gasteiger partial charge in [-0.2, -0.15) is 0 Å². The van der Waals surface area contributed by atoms with E-state index in [-0.39, 0.29) is 0 Å². The molecule has 0 saturated heterocycles. The van der Waals surface area contributed by atoms with Crippen LogP contribution in [-0.2, 0) is 0 Å². The predicted molar refractivity (Wildman–Crippen MR) is 75.6 cm³/mol. The standard InChI is InChI=1S/C12H22.C4H6/c1-4-5-7-10(2)12-9-6-8-11(12)3;1-3-4-2/h11-12H,2,4-9H2,1,3H3;3-4H,1-2H2. The average molecular weight is 220 g/mol. The molecule has 0 spiro atoms. The molecule has 0 amide bonds. The van der Waals surface area contributed by atoms with Gasteiger partial charge in [0.2, 0.25) is 0 Å². The summed E-state index contributed by atoms with van der Waals surface area (Å²) in [6.45, 7) is 15.6. The van der Waals surface area contributed by atoms with Crippen molar-refractivity contribution in [1.82, 2.24) is 0 Å². The lowest BCUT2D eigenvalue weighted by Crippen LogP contribution is -2.06. The van der Waals surface area contributed by atoms with Crippen LogP contribution >= 0.6 is 0 Å². The summed E-state index contributed by atoms with van der Waals surface area (Å²) < 4.78 is 0. The van der Waals surface area contributed by atoms with Gasteiger partial charge in [-0.1, -0.05) is 70.6 Å². The lowest BCUT2D eigenvalue weighted by atomic mass is 9.88. The van der Waals surface area contributed by atoms with E-state index in [1.807, 2.05) is 0 Å². The minimum absolute atomic E-state index is 0.858. The van der Waals surface area contributed by atoms with Crippen LogP contribution in [0.25, 0.3) is 0 Å². The molecule has 0 aliphatic heterocycles. The first kappa shape index (κ1) is 15.2. The SMILES string of the molecule is C=C(CCCC)C1CCCC1C.C=CC=C. The molecule has 92 valence electrons. The fourth-order valence-corrected chi connectivity index (χ4v) is 2.34. The highest BCUT2D eigenvalue weighted by molar-refractivity contribution is 5.04. The summed E-state index contributed by atoms with van der Waals surface area (Å²) >= 11 is 0. The van der Waals surface area contributed by atoms with E-state index in [0.29, 0.717) is 0 Å². The Morgan fingerprint density at radius 2 is 1.88 bits per heavy atom. The smallest absolute Gasteiger partial charge is 0.0180 e. The zero-order chi connectivity index (χ0) is 12.4. The molecule has 2 atom stereocenters. The summed E-state index contributed by atoms with van der Waals surface area (Å²) in [7, 11) is 0. The third kappa shape index (κ3) is 5.95. The topological polar surface area (TPSA) is 0 Å². The Labute approximate surface area is 102 Å². The largest absolute Gasteiger partial charge is 0.0996 e. The van der Waals surface area contributed by atoms with Crippen LogP contribution in [-0.4, -0.2) is 0 Å². The summed E-state index contributed by atoms with van der Waals surface area (Å²) in [6.07, 6.45) is 11.4. The van der Waals surface area contributed by atoms with Crippen LogP contribution in [0.3, 0.4) is 0 Å². The molecule has 0 aromatic carbocycles. The van der Waals surface area contributed by atoms with E-state index in [2.05, 4.69) is 33.6 Å². The summed E-state index contributed by atoms with van der Waals surface area (Å²) in [5.41, 5.74) is 1.53. The van der Waals surface area contributed by atoms with Gasteiger partial charge in [0.1, 0.15) is 0 Å². The number of hydrogen-bond acceptors (Lipinski definition) is 0. The van der Waals surface area contributed by atoms with E-state index in [1.165, 1.54) is 44.1 Å². The monoisotopic (exact) mass is 220 g/mol. The zero-order valence-electron chi connectivity index (χ0n) is 11.2. The Morgan fingerprint density at radius 1 is 1.25 bits per heavy atom. The molecule has 0 heteroatoms. The van der Waals surface area contributed by atoms with Gasteiger partial charge in [-0.3, -0.25) is 0 Å². The number of allylic oxidation sites excluding steroid dienone is 3. The highest BCUT2D eigenvalue weighted by Gasteiger charge is 2.24. The maximum absolute atomic E-state index is 4.22. The molecule has 1 aliphatic rings. The molecule has 1 fully saturated rings. The molecule has 0 N–H and O–H groups in total. The van der Waals surface area contributed by atoms with E-state index in [0.717, 1.165) is 11.8 Å². The Kier molecular flexibility index (Phi) is 8.99. The van der Waals surface area contributed by atoms with E-state index in [1.54, 1.807) is 12.2 Å². The van der Waals surface area contributed by atoms with Crippen LogP contribution in [0.4, 0.5) is 0 Å². The van der Waals surface area contributed by atoms with E-state index >= 15 is 0 Å². The van der Waals surface area contributed by atoms with Crippen molar-refractivity contribution in [1.29, 1.82) is 0 Å². The van der Waals surface area contributed by atoms with Crippen LogP contribution in [0, 0.1) is 11.8 Å². The third-order valence-corrected chi connectivity index (χ3v) is 3.40. The molecular formula is C16H28. The van der Waals surface area contributed by atoms with Gasteiger partial charge in [-0.25, -0.2) is 0 Å². The highest BCUT2D eigenvalue weighted by Crippen LogP contribution is 2.37. The second-order valence-electron chi connectivity index (χ2n) is 4.75. The van der Waals surface area contributed by atoms with Crippen molar-refractivity contribution < 1.29 is 0 Å². The maximum Gasteiger partial charge on any atom is -0.0180 e. The summed E-state index contributed by atoms with van der Waals surface area (Å²) in [5, 5.41) is 0. The lowest BCUT2D eigenvalue weighted by Gasteiger charge is -2.17. The Morgan fingerprint density at radius 3 is 2.25 bits per heavy atom. The Hall–Kier alpha value is -0.780. The van der Waals surface area contributed by atoms with Crippen LogP contribution in [0.15, 0.2) is 37.5 Å². The molecule has 0 radical (unpaired) electrons. The third-order valence-electron chi connectivity index (χ3n) is 3.40. The molecule has 0 aromatic rings. The minimum Gasteiger partial charge on any atom is -0.0996 e. The average Bonchev–Trinajstić information content (AvgIpc) is 2.72. The van der Waals surface area contributed by atoms with Crippen LogP contribution in [0.1, 0.15) is 52.4 Å². The number of unbranched alkanes of at least 4 members (excludes halogenated alkanes) is 1. The van der Waals surface area contributed by atoms with Gasteiger partial charge < -0.3 is 0 Å². The van der Waals surface area contributed by atoms with Crippen molar-refractivity contribution in [2.75, 3.05) is 0 Å². The summed E-state index contributed by atoms with van der Waals surface area (Å²) in [4.78, 5) is 0. The summed E-state index contributed by atoms with van der Waals surface area (Å²) in [6, 6.07) is 0. The fourth-order valence-electron chi connectivity index (χ4n) is 2.34. The molecule has 1 rings (SSSR count). The molecule has 16 heavy (non-hydrogen) atoms. The molecule has 0 bridgehead atoms. The van der Waals surface area contributed by atoms with Crippen molar-refractivity contribution in [3.05, 3.63) is 37.5 Å². The second kappa shape index (κ2) is 9.45. The van der Waals surface area contributed by atoms with Gasteiger partial charge in [0.05, 0.1) is 0 Å². The van der Waals surface area contributed by atoms with Gasteiger partial charge in [0, 0.05) is 0 Å². The van der Waals surface area contributed by atoms with Gasteiger partial charge in [0.15, 0.2) is 0 Å². The zero-order valence-corrected chi connectivity index (χ0v) is 11.2. The molecule has 0 nitrogen and oxygen atoms in total. The van der Waals surface area contributed by atoms with Crippen molar-refractivity contribution in [2.24, 2.45) is 11.8 Å².